The fraction of sp³-hybridized carbons (Fsp3) is 0.500. The van der Waals surface area contributed by atoms with Crippen LogP contribution in [-0.4, -0.2) is 17.3 Å². The minimum atomic E-state index is -0.540. The first-order valence-corrected chi connectivity index (χ1v) is 6.06. The molecule has 4 heteroatoms. The maximum absolute atomic E-state index is 9.73. The molecule has 0 heterocycles. The number of halogens is 2. The number of nitrogens with two attached hydrogens (primary N) is 1. The van der Waals surface area contributed by atoms with Crippen molar-refractivity contribution in [3.8, 4) is 0 Å². The van der Waals surface area contributed by atoms with Gasteiger partial charge in [-0.3, -0.25) is 0 Å². The smallest absolute Gasteiger partial charge is 0.0694 e. The minimum Gasteiger partial charge on any atom is -0.392 e. The van der Waals surface area contributed by atoms with E-state index < -0.39 is 6.10 Å². The van der Waals surface area contributed by atoms with Crippen molar-refractivity contribution in [2.24, 2.45) is 5.73 Å². The summed E-state index contributed by atoms with van der Waals surface area (Å²) < 4.78 is 0. The van der Waals surface area contributed by atoms with Crippen LogP contribution >= 0.6 is 23.2 Å². The molecule has 0 radical (unpaired) electrons. The van der Waals surface area contributed by atoms with E-state index in [0.29, 0.717) is 16.5 Å². The van der Waals surface area contributed by atoms with E-state index in [9.17, 15) is 5.11 Å². The van der Waals surface area contributed by atoms with Gasteiger partial charge in [-0.1, -0.05) is 36.2 Å². The monoisotopic (exact) mass is 261 g/mol. The molecule has 0 saturated heterocycles. The van der Waals surface area contributed by atoms with Crippen molar-refractivity contribution in [2.75, 3.05) is 0 Å². The number of hydrogen-bond acceptors (Lipinski definition) is 2. The molecule has 0 amide bonds. The third-order valence-electron chi connectivity index (χ3n) is 2.69. The Morgan fingerprint density at radius 3 is 2.19 bits per heavy atom. The zero-order valence-corrected chi connectivity index (χ0v) is 11.0. The molecular formula is C12H17Cl2NO. The number of aliphatic hydroxyl groups is 1. The molecule has 0 bridgehead atoms. The summed E-state index contributed by atoms with van der Waals surface area (Å²) in [6.07, 6.45) is 0.0172. The number of aliphatic hydroxyl groups excluding tert-OH is 1. The summed E-state index contributed by atoms with van der Waals surface area (Å²) in [6.45, 7) is 3.77. The molecule has 2 nitrogen and oxygen atoms in total. The Labute approximate surface area is 106 Å². The van der Waals surface area contributed by atoms with E-state index in [1.165, 1.54) is 0 Å². The van der Waals surface area contributed by atoms with Crippen LogP contribution in [0.15, 0.2) is 18.2 Å². The number of rotatable bonds is 4. The van der Waals surface area contributed by atoms with Gasteiger partial charge in [-0.2, -0.15) is 0 Å². The average Bonchev–Trinajstić information content (AvgIpc) is 2.16. The normalized spacial score (nSPS) is 16.9. The fourth-order valence-electron chi connectivity index (χ4n) is 1.68. The topological polar surface area (TPSA) is 46.2 Å². The molecule has 0 aliphatic carbocycles. The van der Waals surface area contributed by atoms with Gasteiger partial charge in [-0.05, 0) is 37.0 Å². The summed E-state index contributed by atoms with van der Waals surface area (Å²) >= 11 is 12.2. The lowest BCUT2D eigenvalue weighted by molar-refractivity contribution is 0.134. The van der Waals surface area contributed by atoms with Crippen molar-refractivity contribution in [1.29, 1.82) is 0 Å². The molecule has 0 aliphatic heterocycles. The standard InChI is InChI=1S/C12H17Cl2NO/c1-7(6-11(16)8(2)15)12-9(13)4-3-5-10(12)14/h3-5,7-8,11,16H,6,15H2,1-2H3. The van der Waals surface area contributed by atoms with Gasteiger partial charge in [0.15, 0.2) is 0 Å². The quantitative estimate of drug-likeness (QED) is 0.875. The number of hydrogen-bond donors (Lipinski definition) is 2. The third-order valence-corrected chi connectivity index (χ3v) is 3.35. The van der Waals surface area contributed by atoms with Gasteiger partial charge in [0.05, 0.1) is 6.10 Å². The van der Waals surface area contributed by atoms with E-state index in [-0.39, 0.29) is 12.0 Å². The average molecular weight is 262 g/mol. The van der Waals surface area contributed by atoms with E-state index in [4.69, 9.17) is 28.9 Å². The van der Waals surface area contributed by atoms with Crippen molar-refractivity contribution in [2.45, 2.75) is 38.3 Å². The lowest BCUT2D eigenvalue weighted by atomic mass is 9.93. The van der Waals surface area contributed by atoms with E-state index in [1.54, 1.807) is 19.1 Å². The highest BCUT2D eigenvalue weighted by molar-refractivity contribution is 6.36. The summed E-state index contributed by atoms with van der Waals surface area (Å²) in [6, 6.07) is 5.17. The van der Waals surface area contributed by atoms with Crippen molar-refractivity contribution >= 4 is 23.2 Å². The van der Waals surface area contributed by atoms with Gasteiger partial charge in [-0.25, -0.2) is 0 Å². The van der Waals surface area contributed by atoms with Gasteiger partial charge in [0.2, 0.25) is 0 Å². The van der Waals surface area contributed by atoms with Crippen molar-refractivity contribution in [3.63, 3.8) is 0 Å². The van der Waals surface area contributed by atoms with Crippen LogP contribution in [0.4, 0.5) is 0 Å². The molecule has 3 N–H and O–H groups in total. The first kappa shape index (κ1) is 13.8. The van der Waals surface area contributed by atoms with Crippen LogP contribution in [0.25, 0.3) is 0 Å². The van der Waals surface area contributed by atoms with Crippen LogP contribution in [-0.2, 0) is 0 Å². The summed E-state index contributed by atoms with van der Waals surface area (Å²) in [7, 11) is 0. The lowest BCUT2D eigenvalue weighted by Gasteiger charge is -2.21. The van der Waals surface area contributed by atoms with Crippen LogP contribution in [0.5, 0.6) is 0 Å². The second-order valence-electron chi connectivity index (χ2n) is 4.20. The molecule has 0 saturated carbocycles. The maximum Gasteiger partial charge on any atom is 0.0694 e. The van der Waals surface area contributed by atoms with Gasteiger partial charge in [0.25, 0.3) is 0 Å². The van der Waals surface area contributed by atoms with E-state index in [0.717, 1.165) is 5.56 Å². The second kappa shape index (κ2) is 5.87. The molecule has 90 valence electrons. The number of benzene rings is 1. The summed E-state index contributed by atoms with van der Waals surface area (Å²) in [5.41, 5.74) is 6.50. The Kier molecular flexibility index (Phi) is 5.06. The Bertz CT molecular complexity index is 335. The SMILES string of the molecule is CC(CC(O)C(C)N)c1c(Cl)cccc1Cl. The van der Waals surface area contributed by atoms with E-state index >= 15 is 0 Å². The van der Waals surface area contributed by atoms with Gasteiger partial charge in [0, 0.05) is 16.1 Å². The third kappa shape index (κ3) is 3.36. The summed E-state index contributed by atoms with van der Waals surface area (Å²) in [5, 5.41) is 11.0. The Morgan fingerprint density at radius 2 is 1.75 bits per heavy atom. The Hall–Kier alpha value is -0.280. The van der Waals surface area contributed by atoms with Crippen LogP contribution in [0.2, 0.25) is 10.0 Å². The van der Waals surface area contributed by atoms with Crippen LogP contribution in [0, 0.1) is 0 Å². The first-order chi connectivity index (χ1) is 7.43. The molecule has 3 atom stereocenters. The molecule has 0 aliphatic rings. The fourth-order valence-corrected chi connectivity index (χ4v) is 2.45. The molecule has 0 aromatic heterocycles. The molecule has 1 rings (SSSR count). The second-order valence-corrected chi connectivity index (χ2v) is 5.01. The Morgan fingerprint density at radius 1 is 1.25 bits per heavy atom. The maximum atomic E-state index is 9.73. The molecule has 1 aromatic rings. The summed E-state index contributed by atoms with van der Waals surface area (Å²) in [4.78, 5) is 0. The molecule has 16 heavy (non-hydrogen) atoms. The Balaban J connectivity index is 2.84. The molecule has 3 unspecified atom stereocenters. The zero-order valence-electron chi connectivity index (χ0n) is 9.45. The van der Waals surface area contributed by atoms with Crippen molar-refractivity contribution in [1.82, 2.24) is 0 Å². The minimum absolute atomic E-state index is 0.0854. The molecular weight excluding hydrogens is 245 g/mol. The highest BCUT2D eigenvalue weighted by Gasteiger charge is 2.19. The largest absolute Gasteiger partial charge is 0.392 e. The van der Waals surface area contributed by atoms with Crippen molar-refractivity contribution in [3.05, 3.63) is 33.8 Å². The van der Waals surface area contributed by atoms with Crippen molar-refractivity contribution < 1.29 is 5.11 Å². The van der Waals surface area contributed by atoms with E-state index in [2.05, 4.69) is 0 Å². The molecule has 1 aromatic carbocycles. The summed E-state index contributed by atoms with van der Waals surface area (Å²) in [5.74, 6) is 0.0854. The van der Waals surface area contributed by atoms with Gasteiger partial charge in [-0.15, -0.1) is 0 Å². The first-order valence-electron chi connectivity index (χ1n) is 5.31. The van der Waals surface area contributed by atoms with Crippen LogP contribution < -0.4 is 5.73 Å². The molecule has 0 spiro atoms. The van der Waals surface area contributed by atoms with Crippen LogP contribution in [0.3, 0.4) is 0 Å². The van der Waals surface area contributed by atoms with E-state index in [1.807, 2.05) is 13.0 Å². The van der Waals surface area contributed by atoms with Crippen LogP contribution in [0.1, 0.15) is 31.7 Å². The van der Waals surface area contributed by atoms with Gasteiger partial charge >= 0.3 is 0 Å². The lowest BCUT2D eigenvalue weighted by Crippen LogP contribution is -2.32. The predicted molar refractivity (Wildman–Crippen MR) is 69.2 cm³/mol. The highest BCUT2D eigenvalue weighted by Crippen LogP contribution is 2.33. The van der Waals surface area contributed by atoms with Gasteiger partial charge in [0.1, 0.15) is 0 Å². The molecule has 0 fully saturated rings. The van der Waals surface area contributed by atoms with Gasteiger partial charge < -0.3 is 10.8 Å². The zero-order chi connectivity index (χ0) is 12.3. The highest BCUT2D eigenvalue weighted by atomic mass is 35.5. The predicted octanol–water partition coefficient (Wildman–Crippen LogP) is 3.20.